The SMILES string of the molecule is CCCc1c(Cl)nc2nc(C)nn2c1Cl. The molecule has 2 aromatic rings. The number of rotatable bonds is 2. The lowest BCUT2D eigenvalue weighted by Gasteiger charge is -2.05. The number of halogens is 2. The summed E-state index contributed by atoms with van der Waals surface area (Å²) >= 11 is 12.2. The standard InChI is InChI=1S/C9H10Cl2N4/c1-3-4-6-7(10)13-9-12-5(2)14-15(9)8(6)11/h3-4H2,1-2H3. The Kier molecular flexibility index (Phi) is 2.80. The van der Waals surface area contributed by atoms with Gasteiger partial charge in [0.25, 0.3) is 5.78 Å². The summed E-state index contributed by atoms with van der Waals surface area (Å²) in [4.78, 5) is 8.25. The third-order valence-corrected chi connectivity index (χ3v) is 2.78. The monoisotopic (exact) mass is 244 g/mol. The maximum absolute atomic E-state index is 6.17. The van der Waals surface area contributed by atoms with Crippen molar-refractivity contribution in [2.75, 3.05) is 0 Å². The van der Waals surface area contributed by atoms with Gasteiger partial charge < -0.3 is 0 Å². The Morgan fingerprint density at radius 1 is 1.27 bits per heavy atom. The van der Waals surface area contributed by atoms with Crippen LogP contribution in [0.1, 0.15) is 24.7 Å². The van der Waals surface area contributed by atoms with Gasteiger partial charge in [0.15, 0.2) is 0 Å². The van der Waals surface area contributed by atoms with Crippen molar-refractivity contribution in [1.29, 1.82) is 0 Å². The zero-order valence-electron chi connectivity index (χ0n) is 8.46. The summed E-state index contributed by atoms with van der Waals surface area (Å²) in [7, 11) is 0. The minimum atomic E-state index is 0.418. The Hall–Kier alpha value is -0.870. The van der Waals surface area contributed by atoms with E-state index in [0.29, 0.717) is 21.9 Å². The van der Waals surface area contributed by atoms with Crippen LogP contribution >= 0.6 is 23.2 Å². The molecule has 0 aromatic carbocycles. The molecular weight excluding hydrogens is 235 g/mol. The van der Waals surface area contributed by atoms with E-state index in [1.807, 2.05) is 0 Å². The maximum atomic E-state index is 6.17. The average molecular weight is 245 g/mol. The van der Waals surface area contributed by atoms with Crippen LogP contribution in [0.3, 0.4) is 0 Å². The van der Waals surface area contributed by atoms with Gasteiger partial charge in [0.1, 0.15) is 16.1 Å². The van der Waals surface area contributed by atoms with E-state index in [4.69, 9.17) is 23.2 Å². The first-order valence-electron chi connectivity index (χ1n) is 4.70. The van der Waals surface area contributed by atoms with Gasteiger partial charge in [-0.2, -0.15) is 14.5 Å². The van der Waals surface area contributed by atoms with Gasteiger partial charge in [0.2, 0.25) is 0 Å². The van der Waals surface area contributed by atoms with Crippen LogP contribution in [0.25, 0.3) is 5.78 Å². The molecule has 0 N–H and O–H groups in total. The molecule has 0 radical (unpaired) electrons. The van der Waals surface area contributed by atoms with Gasteiger partial charge in [-0.25, -0.2) is 0 Å². The fourth-order valence-electron chi connectivity index (χ4n) is 1.43. The number of fused-ring (bicyclic) bond motifs is 1. The Morgan fingerprint density at radius 2 is 2.00 bits per heavy atom. The van der Waals surface area contributed by atoms with Crippen molar-refractivity contribution in [3.8, 4) is 0 Å². The molecule has 0 fully saturated rings. The number of nitrogens with zero attached hydrogens (tertiary/aromatic N) is 4. The van der Waals surface area contributed by atoms with Crippen molar-refractivity contribution in [3.05, 3.63) is 21.7 Å². The molecule has 2 rings (SSSR count). The molecule has 2 aromatic heterocycles. The molecule has 4 nitrogen and oxygen atoms in total. The number of hydrogen-bond donors (Lipinski definition) is 0. The molecule has 6 heteroatoms. The number of aryl methyl sites for hydroxylation is 1. The Balaban J connectivity index is 2.71. The van der Waals surface area contributed by atoms with Crippen LogP contribution in [0.5, 0.6) is 0 Å². The molecule has 80 valence electrons. The minimum absolute atomic E-state index is 0.418. The predicted molar refractivity (Wildman–Crippen MR) is 59.5 cm³/mol. The van der Waals surface area contributed by atoms with E-state index in [2.05, 4.69) is 22.0 Å². The molecule has 0 aliphatic carbocycles. The molecule has 0 aliphatic rings. The van der Waals surface area contributed by atoms with Gasteiger partial charge in [-0.05, 0) is 13.3 Å². The van der Waals surface area contributed by atoms with E-state index in [-0.39, 0.29) is 0 Å². The lowest BCUT2D eigenvalue weighted by Crippen LogP contribution is -2.00. The van der Waals surface area contributed by atoms with Crippen LogP contribution in [0.15, 0.2) is 0 Å². The smallest absolute Gasteiger partial charge is 0.199 e. The average Bonchev–Trinajstić information content (AvgIpc) is 2.53. The van der Waals surface area contributed by atoms with E-state index in [1.54, 1.807) is 6.92 Å². The molecule has 0 aliphatic heterocycles. The number of aromatic nitrogens is 4. The first-order valence-corrected chi connectivity index (χ1v) is 5.46. The molecule has 0 unspecified atom stereocenters. The van der Waals surface area contributed by atoms with Crippen LogP contribution in [-0.4, -0.2) is 19.6 Å². The van der Waals surface area contributed by atoms with E-state index in [9.17, 15) is 0 Å². The van der Waals surface area contributed by atoms with Gasteiger partial charge in [-0.3, -0.25) is 0 Å². The molecule has 0 atom stereocenters. The molecule has 0 spiro atoms. The number of hydrogen-bond acceptors (Lipinski definition) is 3. The molecule has 0 bridgehead atoms. The lowest BCUT2D eigenvalue weighted by molar-refractivity contribution is 0.858. The highest BCUT2D eigenvalue weighted by Gasteiger charge is 2.13. The van der Waals surface area contributed by atoms with E-state index < -0.39 is 0 Å². The quantitative estimate of drug-likeness (QED) is 0.764. The van der Waals surface area contributed by atoms with E-state index in [0.717, 1.165) is 18.4 Å². The fourth-order valence-corrected chi connectivity index (χ4v) is 2.04. The molecule has 0 saturated heterocycles. The summed E-state index contributed by atoms with van der Waals surface area (Å²) in [6, 6.07) is 0. The van der Waals surface area contributed by atoms with Crippen molar-refractivity contribution in [2.24, 2.45) is 0 Å². The molecular formula is C9H10Cl2N4. The minimum Gasteiger partial charge on any atom is -0.199 e. The normalized spacial score (nSPS) is 11.2. The van der Waals surface area contributed by atoms with Crippen LogP contribution < -0.4 is 0 Å². The highest BCUT2D eigenvalue weighted by molar-refractivity contribution is 6.34. The van der Waals surface area contributed by atoms with Gasteiger partial charge >= 0.3 is 0 Å². The van der Waals surface area contributed by atoms with Crippen molar-refractivity contribution in [1.82, 2.24) is 19.6 Å². The van der Waals surface area contributed by atoms with E-state index >= 15 is 0 Å². The summed E-state index contributed by atoms with van der Waals surface area (Å²) in [5, 5.41) is 5.07. The van der Waals surface area contributed by atoms with Crippen LogP contribution in [0.4, 0.5) is 0 Å². The van der Waals surface area contributed by atoms with Crippen molar-refractivity contribution in [3.63, 3.8) is 0 Å². The highest BCUT2D eigenvalue weighted by Crippen LogP contribution is 2.24. The Labute approximate surface area is 97.2 Å². The molecule has 0 saturated carbocycles. The first kappa shape index (κ1) is 10.6. The topological polar surface area (TPSA) is 43.1 Å². The lowest BCUT2D eigenvalue weighted by atomic mass is 10.2. The van der Waals surface area contributed by atoms with Gasteiger partial charge in [0, 0.05) is 5.56 Å². The second-order valence-electron chi connectivity index (χ2n) is 3.29. The second kappa shape index (κ2) is 3.94. The third-order valence-electron chi connectivity index (χ3n) is 2.08. The summed E-state index contributed by atoms with van der Waals surface area (Å²) in [6.07, 6.45) is 1.75. The van der Waals surface area contributed by atoms with Crippen LogP contribution in [0.2, 0.25) is 10.3 Å². The van der Waals surface area contributed by atoms with Crippen LogP contribution in [0, 0.1) is 6.92 Å². The zero-order chi connectivity index (χ0) is 11.0. The Bertz CT molecular complexity index is 506. The zero-order valence-corrected chi connectivity index (χ0v) is 9.97. The molecule has 0 amide bonds. The fraction of sp³-hybridized carbons (Fsp3) is 0.444. The van der Waals surface area contributed by atoms with Crippen molar-refractivity contribution in [2.45, 2.75) is 26.7 Å². The summed E-state index contributed by atoms with van der Waals surface area (Å²) in [5.41, 5.74) is 0.832. The largest absolute Gasteiger partial charge is 0.255 e. The van der Waals surface area contributed by atoms with Gasteiger partial charge in [-0.1, -0.05) is 36.5 Å². The highest BCUT2D eigenvalue weighted by atomic mass is 35.5. The molecule has 15 heavy (non-hydrogen) atoms. The summed E-state index contributed by atoms with van der Waals surface area (Å²) in [6.45, 7) is 3.85. The van der Waals surface area contributed by atoms with Crippen LogP contribution in [-0.2, 0) is 6.42 Å². The summed E-state index contributed by atoms with van der Waals surface area (Å²) in [5.74, 6) is 1.08. The third kappa shape index (κ3) is 1.79. The second-order valence-corrected chi connectivity index (χ2v) is 4.01. The Morgan fingerprint density at radius 3 is 2.67 bits per heavy atom. The van der Waals surface area contributed by atoms with Crippen molar-refractivity contribution < 1.29 is 0 Å². The van der Waals surface area contributed by atoms with Crippen molar-refractivity contribution >= 4 is 29.0 Å². The van der Waals surface area contributed by atoms with Gasteiger partial charge in [0.05, 0.1) is 0 Å². The maximum Gasteiger partial charge on any atom is 0.255 e. The van der Waals surface area contributed by atoms with E-state index in [1.165, 1.54) is 4.52 Å². The first-order chi connectivity index (χ1) is 7.13. The molecule has 2 heterocycles. The van der Waals surface area contributed by atoms with Gasteiger partial charge in [-0.15, -0.1) is 5.10 Å². The summed E-state index contributed by atoms with van der Waals surface area (Å²) < 4.78 is 1.52. The predicted octanol–water partition coefficient (Wildman–Crippen LogP) is 2.69.